The van der Waals surface area contributed by atoms with Gasteiger partial charge in [-0.3, -0.25) is 84.7 Å². The molecular weight excluding hydrogens is 1760 g/mol. The van der Waals surface area contributed by atoms with Crippen molar-refractivity contribution in [2.24, 2.45) is 59.2 Å². The number of hydrogen-bond acceptors (Lipinski definition) is 33. The van der Waals surface area contributed by atoms with Crippen LogP contribution >= 0.6 is 0 Å². The van der Waals surface area contributed by atoms with E-state index in [-0.39, 0.29) is 196 Å². The Morgan fingerprint density at radius 1 is 0.371 bits per heavy atom. The van der Waals surface area contributed by atoms with Crippen LogP contribution in [-0.2, 0) is 57.4 Å². The number of ketones is 1. The number of benzene rings is 7. The minimum atomic E-state index is -1.58. The van der Waals surface area contributed by atoms with Crippen LogP contribution in [0.2, 0.25) is 0 Å². The van der Waals surface area contributed by atoms with Gasteiger partial charge in [-0.05, 0) is 137 Å². The Bertz CT molecular complexity index is 5790. The third-order valence-electron chi connectivity index (χ3n) is 23.9. The molecule has 4 amide bonds. The number of aliphatic carboxylic acids is 1. The van der Waals surface area contributed by atoms with Gasteiger partial charge in [0, 0.05) is 102 Å². The minimum Gasteiger partial charge on any atom is -0.543 e. The Kier molecular flexibility index (Phi) is 30.7. The summed E-state index contributed by atoms with van der Waals surface area (Å²) in [4.78, 5) is 216. The minimum absolute atomic E-state index is 0. The molecule has 132 heavy (non-hydrogen) atoms. The number of aliphatic hydroxyl groups excluding tert-OH is 2. The number of esters is 6. The van der Waals surface area contributed by atoms with Crippen molar-refractivity contribution in [1.29, 1.82) is 0 Å². The average molecular weight is 1840 g/mol. The number of Topliss-reactive ketones (excluding diaryl/α,β-unsaturated/α-hetero) is 1. The van der Waals surface area contributed by atoms with Gasteiger partial charge < -0.3 is 69.7 Å². The summed E-state index contributed by atoms with van der Waals surface area (Å²) in [5, 5.41) is 113. The van der Waals surface area contributed by atoms with Crippen LogP contribution < -0.4 is 67.7 Å². The van der Waals surface area contributed by atoms with E-state index >= 15 is 0 Å². The number of amides is 4. The summed E-state index contributed by atoms with van der Waals surface area (Å²) in [6.07, 6.45) is -1.80. The van der Waals surface area contributed by atoms with Gasteiger partial charge >= 0.3 is 94.3 Å². The van der Waals surface area contributed by atoms with Gasteiger partial charge in [-0.2, -0.15) is 0 Å². The average Bonchev–Trinajstić information content (AvgIpc) is 1.98. The number of hydrogen-bond donors (Lipinski definition) is 5. The third-order valence-corrected chi connectivity index (χ3v) is 23.9. The summed E-state index contributed by atoms with van der Waals surface area (Å²) in [5.74, 6) is -13.0. The van der Waals surface area contributed by atoms with Crippen LogP contribution in [0.1, 0.15) is 117 Å². The van der Waals surface area contributed by atoms with Crippen molar-refractivity contribution in [1.82, 2.24) is 19.6 Å². The van der Waals surface area contributed by atoms with Crippen molar-refractivity contribution in [2.75, 3.05) is 5.73 Å². The largest absolute Gasteiger partial charge is 1.00 e. The predicted molar refractivity (Wildman–Crippen MR) is 451 cm³/mol. The van der Waals surface area contributed by atoms with Crippen LogP contribution in [0, 0.1) is 120 Å². The Balaban J connectivity index is 0.000000177. The van der Waals surface area contributed by atoms with Crippen LogP contribution in [0.4, 0.5) is 39.8 Å². The van der Waals surface area contributed by atoms with Crippen LogP contribution in [0.25, 0.3) is 16.7 Å². The molecule has 15 atom stereocenters. The summed E-state index contributed by atoms with van der Waals surface area (Å²) in [6.45, 7) is 17.7. The first-order chi connectivity index (χ1) is 61.6. The molecule has 45 heteroatoms. The second-order valence-corrected chi connectivity index (χ2v) is 32.4. The third kappa shape index (κ3) is 19.5. The molecule has 43 nitrogen and oxygen atoms in total. The van der Waals surface area contributed by atoms with E-state index in [1.807, 2.05) is 41.5 Å². The molecule has 0 saturated carbocycles. The number of carboxylic acids is 1. The molecule has 5 saturated heterocycles. The van der Waals surface area contributed by atoms with Crippen molar-refractivity contribution < 1.29 is 178 Å². The number of ether oxygens (including phenoxy) is 3. The van der Waals surface area contributed by atoms with Gasteiger partial charge in [-0.1, -0.05) is 79.7 Å². The number of fused-ring (bicyclic) bond motifs is 4. The van der Waals surface area contributed by atoms with E-state index in [0.717, 1.165) is 60.7 Å². The van der Waals surface area contributed by atoms with Gasteiger partial charge in [-0.25, -0.2) is 28.8 Å². The molecule has 0 radical (unpaired) electrons. The zero-order chi connectivity index (χ0) is 96.6. The number of carbonyl (C=O) groups is 12. The molecule has 0 aliphatic carbocycles. The Morgan fingerprint density at radius 3 is 0.932 bits per heavy atom. The van der Waals surface area contributed by atoms with Crippen LogP contribution in [0.15, 0.2) is 187 Å². The van der Waals surface area contributed by atoms with Crippen molar-refractivity contribution in [3.05, 3.63) is 281 Å². The zero-order valence-electron chi connectivity index (χ0n) is 71.8. The molecule has 8 aliphatic heterocycles. The summed E-state index contributed by atoms with van der Waals surface area (Å²) in [6, 6.07) is 33.4. The Hall–Kier alpha value is -14.1. The van der Waals surface area contributed by atoms with E-state index in [1.165, 1.54) is 111 Å². The van der Waals surface area contributed by atoms with E-state index in [2.05, 4.69) is 0 Å². The van der Waals surface area contributed by atoms with Crippen LogP contribution in [0.3, 0.4) is 0 Å². The number of nitro groups is 6. The number of nitrogens with zero attached hydrogens (tertiary/aromatic N) is 10. The monoisotopic (exact) mass is 1840 g/mol. The van der Waals surface area contributed by atoms with Crippen LogP contribution in [-0.4, -0.2) is 190 Å². The first-order valence-corrected chi connectivity index (χ1v) is 40.3. The van der Waals surface area contributed by atoms with Gasteiger partial charge in [0.15, 0.2) is 11.8 Å². The van der Waals surface area contributed by atoms with E-state index in [1.54, 1.807) is 45.0 Å². The number of carbonyl (C=O) groups excluding carboxylic acids is 12. The van der Waals surface area contributed by atoms with E-state index < -0.39 is 138 Å². The van der Waals surface area contributed by atoms with Gasteiger partial charge in [0.25, 0.3) is 34.1 Å². The fraction of sp³-hybridized carbons (Fsp3) is 0.310. The number of anilines is 1. The van der Waals surface area contributed by atoms with Crippen molar-refractivity contribution in [2.45, 2.75) is 112 Å². The Morgan fingerprint density at radius 2 is 0.636 bits per heavy atom. The van der Waals surface area contributed by atoms with E-state index in [0.29, 0.717) is 39.1 Å². The Labute approximate surface area is 789 Å². The quantitative estimate of drug-likeness (QED) is 0.0101. The first-order valence-electron chi connectivity index (χ1n) is 40.3. The molecule has 8 aliphatic rings. The molecule has 680 valence electrons. The molecule has 0 bridgehead atoms. The summed E-state index contributed by atoms with van der Waals surface area (Å²) < 4.78 is 14.9. The number of non-ortho nitro benzene ring substituents is 6. The molecule has 15 rings (SSSR count). The zero-order valence-corrected chi connectivity index (χ0v) is 75.0. The molecule has 7 aromatic rings. The summed E-state index contributed by atoms with van der Waals surface area (Å²) in [7, 11) is -1.58. The van der Waals surface area contributed by atoms with Crippen molar-refractivity contribution in [3.63, 3.8) is 0 Å². The predicted octanol–water partition coefficient (Wildman–Crippen LogP) is 3.40. The molecule has 5 fully saturated rings. The number of carboxylic acid groups (broad SMARTS) is 1. The molecule has 7 aromatic carbocycles. The molecular formula is C87H81BKN11O32. The molecule has 1 unspecified atom stereocenters. The van der Waals surface area contributed by atoms with Crippen molar-refractivity contribution in [3.8, 4) is 0 Å². The summed E-state index contributed by atoms with van der Waals surface area (Å²) >= 11 is 0. The second-order valence-electron chi connectivity index (χ2n) is 32.4. The number of rotatable bonds is 21. The molecule has 0 aromatic heterocycles. The van der Waals surface area contributed by atoms with E-state index in [9.17, 15) is 134 Å². The number of nitro benzene ring substituents is 6. The first kappa shape index (κ1) is 100. The number of nitrogen functional groups attached to an aromatic ring is 1. The maximum atomic E-state index is 13.2. The standard InChI is InChI=1S/C24H21N3O8.C23H19N3O9.C18H18N2O7.C16H18N2O4.C6H6BNO4.K/c1-12(2)18-20-13(3)19(14-4-8-16(9-5-14)26(31)32)21(25(20)22(18)28)24(30)35-23(29)15-6-10-17(11-7-15)27(33)34;1-11-17(13-3-7-15(8-4-13)25(31)32)20(24-19(11)18(12(2)27)21(24)28)23(30)35-22(29)14-5-9-16(10-6-14)26(33)34;1-8(2)12-13-9(3)15(21)14(19(13)16(12)22)18(24)27-17(23)10-4-6-11(7-5-10)20(25)26;1-7-11(9-3-5-10(17)6-4-9)14(16(21)22)18-13(7)12(8(2)19)15(18)20;9-7(10)5-1-3-6(4-2-5)8(11)12;/h4-13,18,20H,1-3H3;3-12,18-19,27H,1-2H3;4-9,12-14H,1-3H3;3-8,12-13,19H,17H2,1-2H3,(H,21,22);1-4,9-10H;/q;;;;;+1/p-1/t13-,18+,20+;11-,12+,18+,19+;9-,12-,13-,14?;7-,8+,12+,13+;;/m0010../s1. The second kappa shape index (κ2) is 40.5. The molecule has 8 heterocycles. The fourth-order valence-corrected chi connectivity index (χ4v) is 17.6. The van der Waals surface area contributed by atoms with Crippen LogP contribution in [0.5, 0.6) is 0 Å². The van der Waals surface area contributed by atoms with Gasteiger partial charge in [0.1, 0.15) is 11.4 Å². The number of β-lactam (4-membered cyclic amide) rings is 4. The normalized spacial score (nSPS) is 22.4. The van der Waals surface area contributed by atoms with Gasteiger partial charge in [0.05, 0.1) is 118 Å². The smallest absolute Gasteiger partial charge is 0.543 e. The molecule has 0 spiro atoms. The summed E-state index contributed by atoms with van der Waals surface area (Å²) in [5.41, 5.74) is 7.80. The maximum Gasteiger partial charge on any atom is 1.00 e. The van der Waals surface area contributed by atoms with Gasteiger partial charge in [-0.15, -0.1) is 0 Å². The topological polar surface area (TPSA) is 634 Å². The number of nitrogens with two attached hydrogens (primary N) is 1. The number of aliphatic hydroxyl groups is 2. The maximum absolute atomic E-state index is 13.2. The molecule has 6 N–H and O–H groups in total. The SMILES string of the molecule is CC(C)[C@H]1C(=O)N2C(C(=O)OC(=O)c3ccc([N+](=O)[O-])cc3)=C(c3ccc([N+](=O)[O-])cc3)[C@H](C)[C@H]12.CC(C)[C@H]1C(=O)N2C(C(=O)OC(=O)c3ccc([N+](=O)[O-])cc3)C(=O)[C@H](C)[C@H]12.C[C@@H](O)[C@H]1C(=O)N2C(C(=O)OC(=O)c3ccc([N+](=O)[O-])cc3)=C(c3ccc([N+](=O)[O-])cc3)[C@H](C)[C@H]12.C[C@@H](O)[C@H]1C(=O)N2C(C(=O)[O-])=C(c3ccc(N)cc3)[C@H](C)[C@H]12.O=[N+]([O-])c1ccc(B(O)O)cc1.[K+]. The van der Waals surface area contributed by atoms with Crippen molar-refractivity contribution >= 4 is 140 Å². The van der Waals surface area contributed by atoms with E-state index in [4.69, 9.17) is 30.0 Å². The van der Waals surface area contributed by atoms with Gasteiger partial charge in [0.2, 0.25) is 23.6 Å². The fourth-order valence-electron chi connectivity index (χ4n) is 17.6.